The molecule has 2 amide bonds. The summed E-state index contributed by atoms with van der Waals surface area (Å²) in [4.78, 5) is 27.5. The fraction of sp³-hybridized carbons (Fsp3) is 0.391. The van der Waals surface area contributed by atoms with Crippen molar-refractivity contribution < 1.29 is 19.1 Å². The van der Waals surface area contributed by atoms with E-state index in [0.717, 1.165) is 16.7 Å². The van der Waals surface area contributed by atoms with Crippen molar-refractivity contribution in [1.82, 2.24) is 9.80 Å². The summed E-state index contributed by atoms with van der Waals surface area (Å²) in [5.41, 5.74) is 2.89. The van der Waals surface area contributed by atoms with Crippen LogP contribution in [0.2, 0.25) is 0 Å². The molecule has 0 saturated carbocycles. The Morgan fingerprint density at radius 3 is 2.07 bits per heavy atom. The molecule has 0 aliphatic carbocycles. The molecule has 1 fully saturated rings. The molecule has 0 aromatic heterocycles. The molecule has 3 atom stereocenters. The molecule has 0 unspecified atom stereocenters. The van der Waals surface area contributed by atoms with Crippen LogP contribution < -0.4 is 0 Å². The van der Waals surface area contributed by atoms with E-state index in [-0.39, 0.29) is 42.2 Å². The number of benzene rings is 2. The standard InChI is InChI=1S/C23H27FN2O3/c1-4-22(29)26-20(13-25(3)15(2)28)23(21(26)14-27)18-7-5-16(6-8-18)17-9-11-19(24)12-10-17/h5-12,20-21,23,27H,4,13-14H2,1-3H3/t20-,21+,23-/m0/s1. The minimum atomic E-state index is -0.301. The van der Waals surface area contributed by atoms with Crippen LogP contribution in [0.5, 0.6) is 0 Å². The van der Waals surface area contributed by atoms with E-state index in [4.69, 9.17) is 0 Å². The van der Waals surface area contributed by atoms with Crippen molar-refractivity contribution in [2.75, 3.05) is 20.2 Å². The number of hydrogen-bond donors (Lipinski definition) is 1. The van der Waals surface area contributed by atoms with Gasteiger partial charge in [0, 0.05) is 32.9 Å². The van der Waals surface area contributed by atoms with E-state index in [2.05, 4.69) is 0 Å². The summed E-state index contributed by atoms with van der Waals surface area (Å²) in [6, 6.07) is 13.8. The number of carbonyl (C=O) groups excluding carboxylic acids is 2. The maximum Gasteiger partial charge on any atom is 0.222 e. The molecule has 154 valence electrons. The van der Waals surface area contributed by atoms with Gasteiger partial charge < -0.3 is 14.9 Å². The zero-order valence-electron chi connectivity index (χ0n) is 17.0. The Bertz CT molecular complexity index is 867. The first kappa shape index (κ1) is 21.0. The van der Waals surface area contributed by atoms with E-state index in [9.17, 15) is 19.1 Å². The van der Waals surface area contributed by atoms with Crippen LogP contribution in [0.1, 0.15) is 31.7 Å². The van der Waals surface area contributed by atoms with Crippen LogP contribution in [0, 0.1) is 5.82 Å². The molecule has 3 rings (SSSR count). The zero-order valence-corrected chi connectivity index (χ0v) is 17.0. The first-order valence-corrected chi connectivity index (χ1v) is 9.87. The largest absolute Gasteiger partial charge is 0.394 e. The Morgan fingerprint density at radius 2 is 1.59 bits per heavy atom. The number of likely N-dealkylation sites (tertiary alicyclic amines) is 1. The van der Waals surface area contributed by atoms with E-state index in [1.165, 1.54) is 19.1 Å². The maximum absolute atomic E-state index is 13.2. The molecule has 1 N–H and O–H groups in total. The second-order valence-corrected chi connectivity index (χ2v) is 7.53. The fourth-order valence-corrected chi connectivity index (χ4v) is 4.10. The highest BCUT2D eigenvalue weighted by atomic mass is 19.1. The second-order valence-electron chi connectivity index (χ2n) is 7.53. The van der Waals surface area contributed by atoms with Crippen LogP contribution in [0.4, 0.5) is 4.39 Å². The number of hydrogen-bond acceptors (Lipinski definition) is 3. The van der Waals surface area contributed by atoms with E-state index >= 15 is 0 Å². The summed E-state index contributed by atoms with van der Waals surface area (Å²) in [7, 11) is 1.72. The first-order valence-electron chi connectivity index (χ1n) is 9.87. The predicted octanol–water partition coefficient (Wildman–Crippen LogP) is 3.04. The van der Waals surface area contributed by atoms with Crippen LogP contribution in [-0.2, 0) is 9.59 Å². The summed E-state index contributed by atoms with van der Waals surface area (Å²) >= 11 is 0. The third-order valence-corrected chi connectivity index (χ3v) is 5.79. The van der Waals surface area contributed by atoms with Gasteiger partial charge in [0.05, 0.1) is 18.7 Å². The first-order chi connectivity index (χ1) is 13.9. The fourth-order valence-electron chi connectivity index (χ4n) is 4.10. The number of carbonyl (C=O) groups is 2. The lowest BCUT2D eigenvalue weighted by Crippen LogP contribution is -2.68. The van der Waals surface area contributed by atoms with E-state index < -0.39 is 0 Å². The van der Waals surface area contributed by atoms with Crippen molar-refractivity contribution in [2.24, 2.45) is 0 Å². The summed E-state index contributed by atoms with van der Waals surface area (Å²) in [5, 5.41) is 9.94. The van der Waals surface area contributed by atoms with Crippen LogP contribution in [0.15, 0.2) is 48.5 Å². The number of aliphatic hydroxyl groups is 1. The van der Waals surface area contributed by atoms with E-state index in [1.54, 1.807) is 35.9 Å². The summed E-state index contributed by atoms with van der Waals surface area (Å²) < 4.78 is 13.2. The smallest absolute Gasteiger partial charge is 0.222 e. The lowest BCUT2D eigenvalue weighted by Gasteiger charge is -2.55. The van der Waals surface area contributed by atoms with Gasteiger partial charge in [-0.1, -0.05) is 43.3 Å². The lowest BCUT2D eigenvalue weighted by atomic mass is 9.74. The Morgan fingerprint density at radius 1 is 1.03 bits per heavy atom. The number of likely N-dealkylation sites (N-methyl/N-ethyl adjacent to an activating group) is 1. The molecular weight excluding hydrogens is 371 g/mol. The van der Waals surface area contributed by atoms with Gasteiger partial charge in [-0.3, -0.25) is 9.59 Å². The van der Waals surface area contributed by atoms with Crippen molar-refractivity contribution in [3.63, 3.8) is 0 Å². The third-order valence-electron chi connectivity index (χ3n) is 5.79. The molecule has 1 aliphatic heterocycles. The van der Waals surface area contributed by atoms with Crippen molar-refractivity contribution in [3.8, 4) is 11.1 Å². The zero-order chi connectivity index (χ0) is 21.1. The van der Waals surface area contributed by atoms with Crippen LogP contribution in [-0.4, -0.2) is 59.0 Å². The minimum absolute atomic E-state index is 0.0230. The SMILES string of the molecule is CCC(=O)N1[C@H](CO)[C@@H](c2ccc(-c3ccc(F)cc3)cc2)[C@@H]1CN(C)C(C)=O. The molecular formula is C23H27FN2O3. The van der Waals surface area contributed by atoms with Crippen molar-refractivity contribution in [3.05, 3.63) is 59.9 Å². The van der Waals surface area contributed by atoms with Crippen LogP contribution >= 0.6 is 0 Å². The second kappa shape index (κ2) is 8.74. The molecule has 0 bridgehead atoms. The predicted molar refractivity (Wildman–Crippen MR) is 110 cm³/mol. The molecule has 1 heterocycles. The average molecular weight is 398 g/mol. The number of nitrogens with zero attached hydrogens (tertiary/aromatic N) is 2. The van der Waals surface area contributed by atoms with Crippen LogP contribution in [0.3, 0.4) is 0 Å². The summed E-state index contributed by atoms with van der Waals surface area (Å²) in [6.45, 7) is 3.59. The monoisotopic (exact) mass is 398 g/mol. The van der Waals surface area contributed by atoms with Crippen LogP contribution in [0.25, 0.3) is 11.1 Å². The molecule has 5 nitrogen and oxygen atoms in total. The van der Waals surface area contributed by atoms with E-state index in [0.29, 0.717) is 13.0 Å². The van der Waals surface area contributed by atoms with Gasteiger partial charge in [0.1, 0.15) is 5.82 Å². The molecule has 2 aromatic carbocycles. The molecule has 1 aliphatic rings. The Labute approximate surface area is 170 Å². The normalized spacial score (nSPS) is 20.9. The Balaban J connectivity index is 1.88. The molecule has 0 spiro atoms. The number of aliphatic hydroxyl groups excluding tert-OH is 1. The van der Waals surface area contributed by atoms with Crippen molar-refractivity contribution >= 4 is 11.8 Å². The highest BCUT2D eigenvalue weighted by Gasteiger charge is 2.50. The summed E-state index contributed by atoms with van der Waals surface area (Å²) in [5.74, 6) is -0.416. The van der Waals surface area contributed by atoms with Gasteiger partial charge in [-0.2, -0.15) is 0 Å². The molecule has 0 radical (unpaired) electrons. The highest BCUT2D eigenvalue weighted by Crippen LogP contribution is 2.42. The third kappa shape index (κ3) is 4.17. The molecule has 6 heteroatoms. The Kier molecular flexibility index (Phi) is 6.33. The topological polar surface area (TPSA) is 60.9 Å². The number of rotatable bonds is 6. The van der Waals surface area contributed by atoms with Gasteiger partial charge in [-0.15, -0.1) is 0 Å². The highest BCUT2D eigenvalue weighted by molar-refractivity contribution is 5.79. The minimum Gasteiger partial charge on any atom is -0.394 e. The quantitative estimate of drug-likeness (QED) is 0.814. The van der Waals surface area contributed by atoms with Crippen molar-refractivity contribution in [2.45, 2.75) is 38.3 Å². The van der Waals surface area contributed by atoms with Gasteiger partial charge in [0.25, 0.3) is 0 Å². The molecule has 2 aromatic rings. The Hall–Kier alpha value is -2.73. The van der Waals surface area contributed by atoms with Crippen molar-refractivity contribution in [1.29, 1.82) is 0 Å². The molecule has 1 saturated heterocycles. The van der Waals surface area contributed by atoms with E-state index in [1.807, 2.05) is 24.3 Å². The van der Waals surface area contributed by atoms with Gasteiger partial charge in [0.15, 0.2) is 0 Å². The summed E-state index contributed by atoms with van der Waals surface area (Å²) in [6.07, 6.45) is 0.354. The van der Waals surface area contributed by atoms with Gasteiger partial charge in [0.2, 0.25) is 11.8 Å². The number of halogens is 1. The van der Waals surface area contributed by atoms with Gasteiger partial charge in [-0.05, 0) is 28.8 Å². The average Bonchev–Trinajstić information content (AvgIpc) is 2.71. The van der Waals surface area contributed by atoms with Gasteiger partial charge >= 0.3 is 0 Å². The van der Waals surface area contributed by atoms with Gasteiger partial charge in [-0.25, -0.2) is 4.39 Å². The molecule has 29 heavy (non-hydrogen) atoms. The lowest BCUT2D eigenvalue weighted by molar-refractivity contribution is -0.153. The maximum atomic E-state index is 13.2. The number of amides is 2.